The standard InChI is InChI=1S/C13H14O4/c1-16-11-8-7-10(9-12(11)17-2)5-3-4-6-13(14)15/h3-9H,1-2H3,(H,14,15)/p-1/b5-3+,6-4+. The van der Waals surface area contributed by atoms with Gasteiger partial charge in [0.15, 0.2) is 11.5 Å². The number of allylic oxidation sites excluding steroid dienone is 2. The van der Waals surface area contributed by atoms with Gasteiger partial charge in [-0.25, -0.2) is 0 Å². The smallest absolute Gasteiger partial charge is 0.161 e. The second kappa shape index (κ2) is 6.37. The SMILES string of the molecule is COc1ccc(/C=C/C=C/C(=O)[O-])cc1OC. The lowest BCUT2D eigenvalue weighted by molar-refractivity contribution is -0.297. The molecule has 17 heavy (non-hydrogen) atoms. The fourth-order valence-electron chi connectivity index (χ4n) is 1.26. The number of carboxylic acids is 1. The summed E-state index contributed by atoms with van der Waals surface area (Å²) in [6.07, 6.45) is 5.71. The molecule has 0 heterocycles. The predicted molar refractivity (Wildman–Crippen MR) is 62.7 cm³/mol. The van der Waals surface area contributed by atoms with Crippen molar-refractivity contribution in [1.29, 1.82) is 0 Å². The Kier molecular flexibility index (Phi) is 4.81. The first kappa shape index (κ1) is 12.8. The molecule has 1 aromatic carbocycles. The first-order valence-corrected chi connectivity index (χ1v) is 4.95. The average Bonchev–Trinajstić information content (AvgIpc) is 2.34. The fourth-order valence-corrected chi connectivity index (χ4v) is 1.26. The van der Waals surface area contributed by atoms with Crippen LogP contribution >= 0.6 is 0 Å². The van der Waals surface area contributed by atoms with Gasteiger partial charge in [-0.2, -0.15) is 0 Å². The van der Waals surface area contributed by atoms with Crippen LogP contribution < -0.4 is 14.6 Å². The molecule has 0 amide bonds. The molecular weight excluding hydrogens is 220 g/mol. The molecule has 0 N–H and O–H groups in total. The zero-order valence-corrected chi connectivity index (χ0v) is 9.67. The van der Waals surface area contributed by atoms with E-state index in [1.54, 1.807) is 38.5 Å². The fraction of sp³-hybridized carbons (Fsp3) is 0.154. The number of aliphatic carboxylic acids is 1. The topological polar surface area (TPSA) is 58.6 Å². The highest BCUT2D eigenvalue weighted by atomic mass is 16.5. The van der Waals surface area contributed by atoms with Gasteiger partial charge in [0.1, 0.15) is 0 Å². The zero-order valence-electron chi connectivity index (χ0n) is 9.67. The Morgan fingerprint density at radius 1 is 1.18 bits per heavy atom. The molecule has 0 aliphatic heterocycles. The van der Waals surface area contributed by atoms with E-state index >= 15 is 0 Å². The van der Waals surface area contributed by atoms with Crippen molar-refractivity contribution in [2.75, 3.05) is 14.2 Å². The zero-order chi connectivity index (χ0) is 12.7. The molecule has 0 unspecified atom stereocenters. The van der Waals surface area contributed by atoms with Crippen LogP contribution in [0, 0.1) is 0 Å². The van der Waals surface area contributed by atoms with Crippen molar-refractivity contribution in [2.45, 2.75) is 0 Å². The van der Waals surface area contributed by atoms with Crippen LogP contribution in [0.1, 0.15) is 5.56 Å². The van der Waals surface area contributed by atoms with Crippen molar-refractivity contribution in [3.8, 4) is 11.5 Å². The second-order valence-electron chi connectivity index (χ2n) is 3.15. The Hall–Kier alpha value is -2.23. The molecule has 0 spiro atoms. The molecule has 1 aromatic rings. The summed E-state index contributed by atoms with van der Waals surface area (Å²) in [5.74, 6) is 0.0513. The molecule has 90 valence electrons. The highest BCUT2D eigenvalue weighted by Gasteiger charge is 2.01. The number of benzene rings is 1. The predicted octanol–water partition coefficient (Wildman–Crippen LogP) is 1.02. The maximum absolute atomic E-state index is 10.1. The van der Waals surface area contributed by atoms with Crippen LogP contribution in [-0.2, 0) is 4.79 Å². The van der Waals surface area contributed by atoms with E-state index < -0.39 is 5.97 Å². The minimum Gasteiger partial charge on any atom is -0.545 e. The average molecular weight is 233 g/mol. The summed E-state index contributed by atoms with van der Waals surface area (Å²) in [4.78, 5) is 10.1. The summed E-state index contributed by atoms with van der Waals surface area (Å²) >= 11 is 0. The number of hydrogen-bond donors (Lipinski definition) is 0. The number of hydrogen-bond acceptors (Lipinski definition) is 4. The van der Waals surface area contributed by atoms with Crippen LogP contribution in [0.3, 0.4) is 0 Å². The van der Waals surface area contributed by atoms with Crippen LogP contribution in [-0.4, -0.2) is 20.2 Å². The van der Waals surface area contributed by atoms with Crippen molar-refractivity contribution in [3.05, 3.63) is 42.0 Å². The molecule has 0 saturated carbocycles. The number of methoxy groups -OCH3 is 2. The molecule has 0 aromatic heterocycles. The monoisotopic (exact) mass is 233 g/mol. The quantitative estimate of drug-likeness (QED) is 0.563. The van der Waals surface area contributed by atoms with E-state index in [1.165, 1.54) is 6.08 Å². The van der Waals surface area contributed by atoms with Crippen molar-refractivity contribution < 1.29 is 19.4 Å². The summed E-state index contributed by atoms with van der Waals surface area (Å²) in [6, 6.07) is 5.41. The maximum atomic E-state index is 10.1. The summed E-state index contributed by atoms with van der Waals surface area (Å²) in [6.45, 7) is 0. The summed E-state index contributed by atoms with van der Waals surface area (Å²) < 4.78 is 10.2. The van der Waals surface area contributed by atoms with E-state index in [4.69, 9.17) is 9.47 Å². The Bertz CT molecular complexity index is 447. The molecule has 0 radical (unpaired) electrons. The van der Waals surface area contributed by atoms with Crippen LogP contribution in [0.2, 0.25) is 0 Å². The number of carbonyl (C=O) groups is 1. The molecule has 4 nitrogen and oxygen atoms in total. The third-order valence-electron chi connectivity index (χ3n) is 2.04. The van der Waals surface area contributed by atoms with E-state index in [1.807, 2.05) is 6.07 Å². The van der Waals surface area contributed by atoms with Crippen LogP contribution in [0.25, 0.3) is 6.08 Å². The van der Waals surface area contributed by atoms with Gasteiger partial charge in [0.25, 0.3) is 0 Å². The first-order chi connectivity index (χ1) is 8.17. The van der Waals surface area contributed by atoms with E-state index in [2.05, 4.69) is 0 Å². The van der Waals surface area contributed by atoms with Gasteiger partial charge in [-0.1, -0.05) is 24.3 Å². The molecule has 1 rings (SSSR count). The highest BCUT2D eigenvalue weighted by Crippen LogP contribution is 2.27. The van der Waals surface area contributed by atoms with E-state index in [0.29, 0.717) is 11.5 Å². The minimum absolute atomic E-state index is 0.624. The van der Waals surface area contributed by atoms with Gasteiger partial charge in [0.05, 0.1) is 20.2 Å². The maximum Gasteiger partial charge on any atom is 0.161 e. The lowest BCUT2D eigenvalue weighted by Gasteiger charge is -2.07. The third-order valence-corrected chi connectivity index (χ3v) is 2.04. The van der Waals surface area contributed by atoms with E-state index in [9.17, 15) is 9.90 Å². The lowest BCUT2D eigenvalue weighted by Crippen LogP contribution is -2.18. The molecule has 0 bridgehead atoms. The summed E-state index contributed by atoms with van der Waals surface area (Å²) in [7, 11) is 3.12. The van der Waals surface area contributed by atoms with Crippen LogP contribution in [0.15, 0.2) is 36.4 Å². The van der Waals surface area contributed by atoms with Crippen LogP contribution in [0.5, 0.6) is 11.5 Å². The van der Waals surface area contributed by atoms with Gasteiger partial charge < -0.3 is 19.4 Å². The van der Waals surface area contributed by atoms with Gasteiger partial charge in [-0.3, -0.25) is 0 Å². The molecule has 4 heteroatoms. The van der Waals surface area contributed by atoms with Gasteiger partial charge in [0.2, 0.25) is 0 Å². The van der Waals surface area contributed by atoms with Gasteiger partial charge in [-0.15, -0.1) is 0 Å². The Labute approximate surface area is 99.8 Å². The van der Waals surface area contributed by atoms with Crippen molar-refractivity contribution >= 4 is 12.0 Å². The Morgan fingerprint density at radius 3 is 2.47 bits per heavy atom. The number of carboxylic acid groups (broad SMARTS) is 1. The third kappa shape index (κ3) is 4.03. The van der Waals surface area contributed by atoms with Crippen LogP contribution in [0.4, 0.5) is 0 Å². The van der Waals surface area contributed by atoms with E-state index in [-0.39, 0.29) is 0 Å². The largest absolute Gasteiger partial charge is 0.545 e. The molecule has 0 saturated heterocycles. The van der Waals surface area contributed by atoms with Gasteiger partial charge >= 0.3 is 0 Å². The Balaban J connectivity index is 2.82. The lowest BCUT2D eigenvalue weighted by atomic mass is 10.2. The molecule has 0 atom stereocenters. The first-order valence-electron chi connectivity index (χ1n) is 4.95. The van der Waals surface area contributed by atoms with Crippen molar-refractivity contribution in [1.82, 2.24) is 0 Å². The minimum atomic E-state index is -1.22. The summed E-state index contributed by atoms with van der Waals surface area (Å²) in [5.41, 5.74) is 0.880. The number of rotatable bonds is 5. The highest BCUT2D eigenvalue weighted by molar-refractivity contribution is 5.78. The Morgan fingerprint density at radius 2 is 1.88 bits per heavy atom. The molecule has 0 aliphatic carbocycles. The van der Waals surface area contributed by atoms with Gasteiger partial charge in [-0.05, 0) is 23.8 Å². The molecule has 0 fully saturated rings. The van der Waals surface area contributed by atoms with Crippen molar-refractivity contribution in [2.24, 2.45) is 0 Å². The molecule has 0 aliphatic rings. The van der Waals surface area contributed by atoms with Crippen molar-refractivity contribution in [3.63, 3.8) is 0 Å². The molecular formula is C13H13O4-. The second-order valence-corrected chi connectivity index (χ2v) is 3.15. The van der Waals surface area contributed by atoms with Gasteiger partial charge in [0, 0.05) is 0 Å². The number of carbonyl (C=O) groups excluding carboxylic acids is 1. The summed E-state index contributed by atoms with van der Waals surface area (Å²) in [5, 5.41) is 10.1. The normalized spacial score (nSPS) is 10.9. The van der Waals surface area contributed by atoms with E-state index in [0.717, 1.165) is 11.6 Å². The number of ether oxygens (including phenoxy) is 2.